The monoisotopic (exact) mass is 412 g/mol. The number of amides is 2. The third-order valence-electron chi connectivity index (χ3n) is 4.81. The largest absolute Gasteiger partial charge is 0.497 e. The molecule has 7 nitrogen and oxygen atoms in total. The number of hydrogen-bond donors (Lipinski definition) is 1. The van der Waals surface area contributed by atoms with Crippen LogP contribution in [-0.4, -0.2) is 38.7 Å². The van der Waals surface area contributed by atoms with Gasteiger partial charge in [0.2, 0.25) is 5.91 Å². The second kappa shape index (κ2) is 9.07. The van der Waals surface area contributed by atoms with E-state index >= 15 is 0 Å². The molecule has 3 rings (SSSR count). The van der Waals surface area contributed by atoms with E-state index in [0.29, 0.717) is 29.5 Å². The predicted octanol–water partition coefficient (Wildman–Crippen LogP) is 3.87. The Balaban J connectivity index is 1.70. The van der Waals surface area contributed by atoms with Crippen molar-refractivity contribution in [3.8, 4) is 17.2 Å². The van der Waals surface area contributed by atoms with Crippen molar-refractivity contribution in [3.05, 3.63) is 42.5 Å². The van der Waals surface area contributed by atoms with Crippen molar-refractivity contribution in [2.75, 3.05) is 37.1 Å². The van der Waals surface area contributed by atoms with Gasteiger partial charge in [0, 0.05) is 24.4 Å². The molecule has 2 aromatic rings. The zero-order chi connectivity index (χ0) is 21.7. The van der Waals surface area contributed by atoms with Gasteiger partial charge < -0.3 is 24.4 Å². The number of rotatable bonds is 7. The van der Waals surface area contributed by atoms with E-state index in [9.17, 15) is 9.59 Å². The van der Waals surface area contributed by atoms with Crippen molar-refractivity contribution in [2.45, 2.75) is 27.2 Å². The molecule has 1 aliphatic rings. The smallest absolute Gasteiger partial charge is 0.262 e. The molecule has 0 saturated carbocycles. The lowest BCUT2D eigenvalue weighted by atomic mass is 9.93. The Hall–Kier alpha value is -3.22. The first-order valence-electron chi connectivity index (χ1n) is 9.99. The van der Waals surface area contributed by atoms with Gasteiger partial charge in [0.05, 0.1) is 18.2 Å². The fourth-order valence-electron chi connectivity index (χ4n) is 3.21. The lowest BCUT2D eigenvalue weighted by molar-refractivity contribution is -0.127. The molecule has 2 aromatic carbocycles. The summed E-state index contributed by atoms with van der Waals surface area (Å²) in [7, 11) is 1.57. The molecule has 2 amide bonds. The summed E-state index contributed by atoms with van der Waals surface area (Å²) in [6.07, 6.45) is 0.835. The molecular weight excluding hydrogens is 384 g/mol. The number of anilines is 2. The number of carbonyl (C=O) groups is 2. The molecule has 0 spiro atoms. The number of benzene rings is 2. The third kappa shape index (κ3) is 4.84. The molecule has 1 N–H and O–H groups in total. The predicted molar refractivity (Wildman–Crippen MR) is 115 cm³/mol. The summed E-state index contributed by atoms with van der Waals surface area (Å²) in [5, 5.41) is 2.81. The number of nitrogens with one attached hydrogen (secondary N) is 1. The molecule has 160 valence electrons. The molecule has 0 aliphatic carbocycles. The fourth-order valence-corrected chi connectivity index (χ4v) is 3.21. The Bertz CT molecular complexity index is 926. The van der Waals surface area contributed by atoms with Crippen molar-refractivity contribution in [1.29, 1.82) is 0 Å². The summed E-state index contributed by atoms with van der Waals surface area (Å²) in [6, 6.07) is 12.4. The standard InChI is InChI=1S/C23H28N2O5/c1-5-11-25-19-10-9-16(12-20(19)30-15-23(2,3)22(25)27)24-21(26)14-29-18-8-6-7-17(13-18)28-4/h6-10,12-13H,5,11,14-15H2,1-4H3,(H,24,26). The Morgan fingerprint density at radius 2 is 1.97 bits per heavy atom. The average Bonchev–Trinajstić information content (AvgIpc) is 2.83. The van der Waals surface area contributed by atoms with E-state index in [1.54, 1.807) is 48.4 Å². The van der Waals surface area contributed by atoms with Gasteiger partial charge in [0.25, 0.3) is 5.91 Å². The highest BCUT2D eigenvalue weighted by atomic mass is 16.5. The zero-order valence-corrected chi connectivity index (χ0v) is 17.9. The number of fused-ring (bicyclic) bond motifs is 1. The number of carbonyl (C=O) groups excluding carboxylic acids is 2. The van der Waals surface area contributed by atoms with Crippen LogP contribution in [0.3, 0.4) is 0 Å². The van der Waals surface area contributed by atoms with Crippen LogP contribution in [-0.2, 0) is 9.59 Å². The maximum atomic E-state index is 12.9. The first-order valence-corrected chi connectivity index (χ1v) is 9.99. The second-order valence-corrected chi connectivity index (χ2v) is 7.83. The minimum Gasteiger partial charge on any atom is -0.497 e. The summed E-state index contributed by atoms with van der Waals surface area (Å²) >= 11 is 0. The van der Waals surface area contributed by atoms with Gasteiger partial charge in [-0.15, -0.1) is 0 Å². The van der Waals surface area contributed by atoms with Crippen LogP contribution in [0.25, 0.3) is 0 Å². The van der Waals surface area contributed by atoms with Gasteiger partial charge in [-0.3, -0.25) is 9.59 Å². The van der Waals surface area contributed by atoms with Gasteiger partial charge in [0.1, 0.15) is 23.9 Å². The van der Waals surface area contributed by atoms with E-state index in [1.807, 2.05) is 26.8 Å². The summed E-state index contributed by atoms with van der Waals surface area (Å²) in [6.45, 7) is 6.53. The molecule has 0 atom stereocenters. The first kappa shape index (κ1) is 21.5. The SMILES string of the molecule is CCCN1C(=O)C(C)(C)COc2cc(NC(=O)COc3cccc(OC)c3)ccc21. The maximum absolute atomic E-state index is 12.9. The van der Waals surface area contributed by atoms with Crippen LogP contribution in [0.4, 0.5) is 11.4 Å². The number of nitrogens with zero attached hydrogens (tertiary/aromatic N) is 1. The van der Waals surface area contributed by atoms with Crippen LogP contribution < -0.4 is 24.4 Å². The molecule has 0 radical (unpaired) electrons. The van der Waals surface area contributed by atoms with Gasteiger partial charge in [-0.05, 0) is 44.5 Å². The van der Waals surface area contributed by atoms with Crippen molar-refractivity contribution in [3.63, 3.8) is 0 Å². The Kier molecular flexibility index (Phi) is 6.50. The summed E-state index contributed by atoms with van der Waals surface area (Å²) in [5.74, 6) is 1.52. The van der Waals surface area contributed by atoms with Crippen molar-refractivity contribution >= 4 is 23.2 Å². The van der Waals surface area contributed by atoms with Crippen molar-refractivity contribution in [2.24, 2.45) is 5.41 Å². The highest BCUT2D eigenvalue weighted by molar-refractivity contribution is 6.00. The summed E-state index contributed by atoms with van der Waals surface area (Å²) in [5.41, 5.74) is 0.678. The zero-order valence-electron chi connectivity index (χ0n) is 17.9. The number of hydrogen-bond acceptors (Lipinski definition) is 5. The molecule has 0 bridgehead atoms. The van der Waals surface area contributed by atoms with E-state index in [-0.39, 0.29) is 25.0 Å². The molecule has 0 fully saturated rings. The molecular formula is C23H28N2O5. The normalized spacial score (nSPS) is 14.9. The van der Waals surface area contributed by atoms with Crippen molar-refractivity contribution < 1.29 is 23.8 Å². The molecule has 1 aliphatic heterocycles. The van der Waals surface area contributed by atoms with Crippen LogP contribution in [0.1, 0.15) is 27.2 Å². The molecule has 30 heavy (non-hydrogen) atoms. The maximum Gasteiger partial charge on any atom is 0.262 e. The van der Waals surface area contributed by atoms with E-state index in [1.165, 1.54) is 0 Å². The van der Waals surface area contributed by atoms with E-state index in [4.69, 9.17) is 14.2 Å². The van der Waals surface area contributed by atoms with E-state index < -0.39 is 5.41 Å². The fraction of sp³-hybridized carbons (Fsp3) is 0.391. The third-order valence-corrected chi connectivity index (χ3v) is 4.81. The van der Waals surface area contributed by atoms with Gasteiger partial charge in [-0.1, -0.05) is 13.0 Å². The minimum atomic E-state index is -0.623. The molecule has 0 unspecified atom stereocenters. The van der Waals surface area contributed by atoms with Gasteiger partial charge in [-0.2, -0.15) is 0 Å². The Labute approximate surface area is 176 Å². The van der Waals surface area contributed by atoms with E-state index in [2.05, 4.69) is 5.32 Å². The number of ether oxygens (including phenoxy) is 3. The highest BCUT2D eigenvalue weighted by Gasteiger charge is 2.37. The van der Waals surface area contributed by atoms with Gasteiger partial charge >= 0.3 is 0 Å². The van der Waals surface area contributed by atoms with Crippen LogP contribution in [0.2, 0.25) is 0 Å². The van der Waals surface area contributed by atoms with Crippen LogP contribution in [0, 0.1) is 5.41 Å². The lowest BCUT2D eigenvalue weighted by Gasteiger charge is -2.27. The Morgan fingerprint density at radius 1 is 1.20 bits per heavy atom. The first-order chi connectivity index (χ1) is 14.3. The highest BCUT2D eigenvalue weighted by Crippen LogP contribution is 2.38. The lowest BCUT2D eigenvalue weighted by Crippen LogP contribution is -2.42. The van der Waals surface area contributed by atoms with E-state index in [0.717, 1.165) is 12.1 Å². The molecule has 0 aromatic heterocycles. The minimum absolute atomic E-state index is 0.0339. The molecule has 0 saturated heterocycles. The topological polar surface area (TPSA) is 77.1 Å². The molecule has 7 heteroatoms. The van der Waals surface area contributed by atoms with Gasteiger partial charge in [-0.25, -0.2) is 0 Å². The van der Waals surface area contributed by atoms with Crippen LogP contribution >= 0.6 is 0 Å². The summed E-state index contributed by atoms with van der Waals surface area (Å²) in [4.78, 5) is 27.0. The molecule has 1 heterocycles. The van der Waals surface area contributed by atoms with Crippen LogP contribution in [0.5, 0.6) is 17.2 Å². The van der Waals surface area contributed by atoms with Crippen LogP contribution in [0.15, 0.2) is 42.5 Å². The van der Waals surface area contributed by atoms with Crippen molar-refractivity contribution in [1.82, 2.24) is 0 Å². The number of methoxy groups -OCH3 is 1. The van der Waals surface area contributed by atoms with Gasteiger partial charge in [0.15, 0.2) is 6.61 Å². The Morgan fingerprint density at radius 3 is 2.70 bits per heavy atom. The average molecular weight is 412 g/mol. The quantitative estimate of drug-likeness (QED) is 0.747. The second-order valence-electron chi connectivity index (χ2n) is 7.83. The summed E-state index contributed by atoms with van der Waals surface area (Å²) < 4.78 is 16.6.